The molecule has 12 aromatic rings. The predicted octanol–water partition coefficient (Wildman–Crippen LogP) is 15.3. The molecule has 2 nitrogen and oxygen atoms in total. The molecule has 0 radical (unpaired) electrons. The molecule has 0 N–H and O–H groups in total. The molecule has 0 aliphatic rings. The molecule has 0 aliphatic carbocycles. The van der Waals surface area contributed by atoms with Crippen molar-refractivity contribution in [3.63, 3.8) is 0 Å². The van der Waals surface area contributed by atoms with Crippen molar-refractivity contribution >= 4 is 104 Å². The topological polar surface area (TPSA) is 8.17 Å². The fraction of sp³-hybridized carbons (Fsp3) is 0. The van der Waals surface area contributed by atoms with E-state index in [1.54, 1.807) is 0 Å². The Hall–Kier alpha value is -6.68. The second-order valence-electron chi connectivity index (χ2n) is 14.9. The normalized spacial score (nSPS) is 11.8. The Labute approximate surface area is 345 Å². The first-order chi connectivity index (χ1) is 28.7. The molecule has 0 bridgehead atoms. The summed E-state index contributed by atoms with van der Waals surface area (Å²) >= 11 is 2.21. The van der Waals surface area contributed by atoms with Gasteiger partial charge in [0.05, 0.1) is 11.0 Å². The second-order valence-corrected chi connectivity index (χ2v) is 18.2. The average Bonchev–Trinajstić information content (AvgIpc) is 3.97. The third-order valence-electron chi connectivity index (χ3n) is 11.6. The van der Waals surface area contributed by atoms with Gasteiger partial charge in [-0.25, -0.2) is 0 Å². The molecule has 0 amide bonds. The van der Waals surface area contributed by atoms with Gasteiger partial charge in [-0.1, -0.05) is 60.7 Å². The Kier molecular flexibility index (Phi) is 7.77. The van der Waals surface area contributed by atoms with Crippen LogP contribution in [0.4, 0.5) is 17.1 Å². The van der Waals surface area contributed by atoms with Crippen molar-refractivity contribution in [2.75, 3.05) is 4.90 Å². The molecule has 0 spiro atoms. The Balaban J connectivity index is 0.962. The first-order valence-corrected chi connectivity index (χ1v) is 22.2. The molecule has 58 heavy (non-hydrogen) atoms. The first-order valence-electron chi connectivity index (χ1n) is 19.7. The van der Waals surface area contributed by atoms with Crippen LogP contribution in [0.5, 0.6) is 0 Å². The van der Waals surface area contributed by atoms with Gasteiger partial charge in [0.15, 0.2) is 0 Å². The molecule has 0 atom stereocenters. The molecule has 12 rings (SSSR count). The number of anilines is 3. The van der Waals surface area contributed by atoms with E-state index in [1.807, 2.05) is 11.3 Å². The summed E-state index contributed by atoms with van der Waals surface area (Å²) in [5.74, 6) is 0. The minimum Gasteiger partial charge on any atom is -0.0602 e. The minimum atomic E-state index is 0.334. The quantitative estimate of drug-likeness (QED) is 0.152. The number of nitrogens with zero attached hydrogens (tertiary/aromatic N) is 2. The van der Waals surface area contributed by atoms with Crippen molar-refractivity contribution in [3.8, 4) is 27.9 Å². The molecule has 0 saturated carbocycles. The molecular formula is C54H34N2SSe. The van der Waals surface area contributed by atoms with Crippen molar-refractivity contribution in [2.45, 2.75) is 0 Å². The first kappa shape index (κ1) is 33.5. The summed E-state index contributed by atoms with van der Waals surface area (Å²) in [6, 6.07) is 76.0. The zero-order valence-electron chi connectivity index (χ0n) is 31.3. The largest absolute Gasteiger partial charge is 0.0602 e. The van der Waals surface area contributed by atoms with Gasteiger partial charge >= 0.3 is 213 Å². The van der Waals surface area contributed by atoms with Gasteiger partial charge in [-0.05, 0) is 42.0 Å². The van der Waals surface area contributed by atoms with E-state index in [2.05, 4.69) is 216 Å². The maximum atomic E-state index is 2.43. The van der Waals surface area contributed by atoms with Gasteiger partial charge in [-0.2, -0.15) is 0 Å². The number of rotatable bonds is 6. The smallest absolute Gasteiger partial charge is 0.0541 e. The van der Waals surface area contributed by atoms with E-state index in [9.17, 15) is 0 Å². The third-order valence-corrected chi connectivity index (χ3v) is 15.2. The van der Waals surface area contributed by atoms with E-state index in [0.29, 0.717) is 14.5 Å². The number of hydrogen-bond acceptors (Lipinski definition) is 2. The monoisotopic (exact) mass is 822 g/mol. The number of fused-ring (bicyclic) bond motifs is 9. The zero-order valence-corrected chi connectivity index (χ0v) is 33.9. The van der Waals surface area contributed by atoms with Crippen molar-refractivity contribution in [1.82, 2.24) is 4.57 Å². The Morgan fingerprint density at radius 2 is 0.966 bits per heavy atom. The fourth-order valence-electron chi connectivity index (χ4n) is 8.85. The van der Waals surface area contributed by atoms with Gasteiger partial charge < -0.3 is 4.57 Å². The minimum absolute atomic E-state index is 0.334. The molecule has 0 fully saturated rings. The van der Waals surface area contributed by atoms with Crippen molar-refractivity contribution in [3.05, 3.63) is 206 Å². The molecule has 0 unspecified atom stereocenters. The Bertz CT molecular complexity index is 3500. The molecule has 3 heterocycles. The van der Waals surface area contributed by atoms with Gasteiger partial charge in [0.2, 0.25) is 0 Å². The van der Waals surface area contributed by atoms with Gasteiger partial charge in [0, 0.05) is 16.5 Å². The van der Waals surface area contributed by atoms with Crippen LogP contribution in [0.25, 0.3) is 89.2 Å². The number of para-hydroxylation sites is 2. The second kappa shape index (κ2) is 13.5. The summed E-state index contributed by atoms with van der Waals surface area (Å²) in [6.45, 7) is 0. The van der Waals surface area contributed by atoms with E-state index in [0.717, 1.165) is 11.4 Å². The van der Waals surface area contributed by atoms with Crippen LogP contribution in [0.15, 0.2) is 206 Å². The van der Waals surface area contributed by atoms with Crippen molar-refractivity contribution in [2.24, 2.45) is 0 Å². The van der Waals surface area contributed by atoms with Crippen LogP contribution in [0.1, 0.15) is 0 Å². The average molecular weight is 822 g/mol. The van der Waals surface area contributed by atoms with Gasteiger partial charge in [0.25, 0.3) is 0 Å². The third kappa shape index (κ3) is 5.38. The molecular weight excluding hydrogens is 788 g/mol. The van der Waals surface area contributed by atoms with Gasteiger partial charge in [-0.15, -0.1) is 0 Å². The van der Waals surface area contributed by atoms with Crippen LogP contribution in [0.3, 0.4) is 0 Å². The number of benzene rings is 9. The SMILES string of the molecule is c1ccc(-n2c3ccccc3c3cc(-c4ccc(N(c5ccc(-c6ccc7c(c6)[se]c6ccccc67)cc5)c5cccc6c5sc5ccccc56)cc4)ccc32)cc1. The standard InChI is InChI=1S/C54H34N2SSe/c1-2-11-39(12-3-1)56-48-17-7-4-13-42(48)47-33-37(26-32-49(47)56)35-21-27-40(28-22-35)55(50-18-10-16-46-43-14-5-8-19-51(43)57-54(46)50)41-29-23-36(24-30-41)38-25-31-45-44-15-6-9-20-52(44)58-53(45)34-38/h1-34H. The maximum absolute atomic E-state index is 2.43. The molecule has 9 aromatic carbocycles. The molecule has 3 aromatic heterocycles. The van der Waals surface area contributed by atoms with Gasteiger partial charge in [-0.3, -0.25) is 0 Å². The van der Waals surface area contributed by atoms with Crippen LogP contribution < -0.4 is 4.90 Å². The van der Waals surface area contributed by atoms with Gasteiger partial charge in [0.1, 0.15) is 0 Å². The Morgan fingerprint density at radius 1 is 0.379 bits per heavy atom. The van der Waals surface area contributed by atoms with Crippen LogP contribution in [0, 0.1) is 0 Å². The summed E-state index contributed by atoms with van der Waals surface area (Å²) in [4.78, 5) is 2.43. The molecule has 0 saturated heterocycles. The summed E-state index contributed by atoms with van der Waals surface area (Å²) in [5.41, 5.74) is 12.0. The van der Waals surface area contributed by atoms with Crippen LogP contribution in [0.2, 0.25) is 0 Å². The van der Waals surface area contributed by atoms with Crippen LogP contribution in [-0.2, 0) is 0 Å². The van der Waals surface area contributed by atoms with Crippen molar-refractivity contribution < 1.29 is 0 Å². The number of hydrogen-bond donors (Lipinski definition) is 0. The van der Waals surface area contributed by atoms with Crippen LogP contribution >= 0.6 is 11.3 Å². The number of thiophene rings is 1. The molecule has 4 heteroatoms. The predicted molar refractivity (Wildman–Crippen MR) is 251 cm³/mol. The molecule has 272 valence electrons. The summed E-state index contributed by atoms with van der Waals surface area (Å²) in [7, 11) is 0. The summed E-state index contributed by atoms with van der Waals surface area (Å²) in [5, 5.41) is 7.90. The number of aromatic nitrogens is 1. The van der Waals surface area contributed by atoms with Crippen molar-refractivity contribution in [1.29, 1.82) is 0 Å². The van der Waals surface area contributed by atoms with Crippen LogP contribution in [-0.4, -0.2) is 19.1 Å². The zero-order chi connectivity index (χ0) is 38.2. The Morgan fingerprint density at radius 3 is 1.76 bits per heavy atom. The fourth-order valence-corrected chi connectivity index (χ4v) is 12.5. The van der Waals surface area contributed by atoms with E-state index in [1.165, 1.54) is 94.9 Å². The van der Waals surface area contributed by atoms with E-state index >= 15 is 0 Å². The summed E-state index contributed by atoms with van der Waals surface area (Å²) < 4.78 is 7.91. The van der Waals surface area contributed by atoms with E-state index < -0.39 is 0 Å². The van der Waals surface area contributed by atoms with E-state index in [4.69, 9.17) is 0 Å². The maximum Gasteiger partial charge on any atom is 0.0541 e. The molecule has 0 aliphatic heterocycles. The summed E-state index contributed by atoms with van der Waals surface area (Å²) in [6.07, 6.45) is 0. The van der Waals surface area contributed by atoms with E-state index in [-0.39, 0.29) is 0 Å².